The van der Waals surface area contributed by atoms with E-state index < -0.39 is 8.80 Å². The van der Waals surface area contributed by atoms with Crippen molar-refractivity contribution in [2.24, 2.45) is 0 Å². The fourth-order valence-corrected chi connectivity index (χ4v) is 5.07. The molecule has 0 saturated carbocycles. The fraction of sp³-hybridized carbons (Fsp3) is 0.500. The topological polar surface area (TPSA) is 3.24 Å². The van der Waals surface area contributed by atoms with Gasteiger partial charge in [-0.25, -0.2) is 0 Å². The molecule has 18 heavy (non-hydrogen) atoms. The van der Waals surface area contributed by atoms with Crippen LogP contribution in [0.3, 0.4) is 0 Å². The molecule has 1 aromatic carbocycles. The summed E-state index contributed by atoms with van der Waals surface area (Å²) in [5.74, 6) is 0. The summed E-state index contributed by atoms with van der Waals surface area (Å²) in [4.78, 5) is 2.38. The highest BCUT2D eigenvalue weighted by Gasteiger charge is 2.16. The van der Waals surface area contributed by atoms with Gasteiger partial charge in [0.05, 0.1) is 8.80 Å². The minimum atomic E-state index is -0.992. The second-order valence-corrected chi connectivity index (χ2v) is 8.13. The Morgan fingerprint density at radius 3 is 2.22 bits per heavy atom. The second-order valence-electron chi connectivity index (χ2n) is 4.88. The molecule has 0 spiro atoms. The first-order valence-corrected chi connectivity index (χ1v) is 9.11. The maximum absolute atomic E-state index is 2.51. The third kappa shape index (κ3) is 4.34. The molecule has 0 aliphatic carbocycles. The number of rotatable bonds is 7. The van der Waals surface area contributed by atoms with E-state index in [0.717, 1.165) is 18.6 Å². The first-order chi connectivity index (χ1) is 8.72. The molecular weight excluding hydrogens is 234 g/mol. The molecule has 0 bridgehead atoms. The Balaban J connectivity index is 2.86. The predicted molar refractivity (Wildman–Crippen MR) is 85.0 cm³/mol. The third-order valence-corrected chi connectivity index (χ3v) is 7.20. The average molecular weight is 261 g/mol. The van der Waals surface area contributed by atoms with Crippen LogP contribution in [0.2, 0.25) is 5.54 Å². The highest BCUT2D eigenvalue weighted by molar-refractivity contribution is 6.78. The van der Waals surface area contributed by atoms with Crippen molar-refractivity contribution in [1.29, 1.82) is 0 Å². The van der Waals surface area contributed by atoms with E-state index in [2.05, 4.69) is 74.8 Å². The van der Waals surface area contributed by atoms with E-state index in [1.54, 1.807) is 5.19 Å². The van der Waals surface area contributed by atoms with E-state index in [4.69, 9.17) is 0 Å². The average Bonchev–Trinajstić information content (AvgIpc) is 2.44. The van der Waals surface area contributed by atoms with Crippen LogP contribution < -0.4 is 5.19 Å². The van der Waals surface area contributed by atoms with Gasteiger partial charge in [0.1, 0.15) is 0 Å². The van der Waals surface area contributed by atoms with Crippen LogP contribution in [0.4, 0.5) is 0 Å². The monoisotopic (exact) mass is 261 g/mol. The summed E-state index contributed by atoms with van der Waals surface area (Å²) < 4.78 is 0. The van der Waals surface area contributed by atoms with Gasteiger partial charge in [0.15, 0.2) is 0 Å². The standard InChI is InChI=1S/C16H27NSi/c1-5-15(4)18(14-13-17(6-2)7-3)16-11-9-8-10-12-16/h8-15,18H,5-7H2,1-4H3. The maximum Gasteiger partial charge on any atom is 0.0985 e. The van der Waals surface area contributed by atoms with Crippen molar-refractivity contribution in [2.45, 2.75) is 39.7 Å². The van der Waals surface area contributed by atoms with Gasteiger partial charge < -0.3 is 4.90 Å². The zero-order valence-electron chi connectivity index (χ0n) is 12.3. The summed E-state index contributed by atoms with van der Waals surface area (Å²) in [5, 5.41) is 1.57. The Hall–Kier alpha value is -1.02. The largest absolute Gasteiger partial charge is 0.379 e. The molecule has 0 aliphatic heterocycles. The smallest absolute Gasteiger partial charge is 0.0985 e. The van der Waals surface area contributed by atoms with Crippen molar-refractivity contribution in [2.75, 3.05) is 13.1 Å². The third-order valence-electron chi connectivity index (χ3n) is 3.76. The van der Waals surface area contributed by atoms with Crippen molar-refractivity contribution >= 4 is 14.0 Å². The molecule has 0 saturated heterocycles. The zero-order chi connectivity index (χ0) is 13.4. The van der Waals surface area contributed by atoms with Crippen LogP contribution in [0.5, 0.6) is 0 Å². The van der Waals surface area contributed by atoms with Crippen LogP contribution in [0.15, 0.2) is 42.2 Å². The van der Waals surface area contributed by atoms with Crippen molar-refractivity contribution < 1.29 is 0 Å². The molecule has 1 rings (SSSR count). The van der Waals surface area contributed by atoms with E-state index in [-0.39, 0.29) is 0 Å². The molecule has 0 radical (unpaired) electrons. The summed E-state index contributed by atoms with van der Waals surface area (Å²) in [6, 6.07) is 11.1. The lowest BCUT2D eigenvalue weighted by Crippen LogP contribution is -2.32. The number of benzene rings is 1. The van der Waals surface area contributed by atoms with Gasteiger partial charge >= 0.3 is 0 Å². The zero-order valence-corrected chi connectivity index (χ0v) is 13.4. The summed E-state index contributed by atoms with van der Waals surface area (Å²) in [6.45, 7) is 11.3. The molecule has 0 aromatic heterocycles. The van der Waals surface area contributed by atoms with Crippen LogP contribution in [-0.4, -0.2) is 26.8 Å². The summed E-state index contributed by atoms with van der Waals surface area (Å²) >= 11 is 0. The molecule has 0 aliphatic rings. The van der Waals surface area contributed by atoms with Gasteiger partial charge in [0.25, 0.3) is 0 Å². The van der Waals surface area contributed by atoms with Gasteiger partial charge in [-0.15, -0.1) is 0 Å². The van der Waals surface area contributed by atoms with Gasteiger partial charge in [0, 0.05) is 13.1 Å². The quantitative estimate of drug-likeness (QED) is 0.681. The van der Waals surface area contributed by atoms with Crippen molar-refractivity contribution in [3.05, 3.63) is 42.2 Å². The van der Waals surface area contributed by atoms with E-state index in [1.165, 1.54) is 6.42 Å². The Morgan fingerprint density at radius 1 is 1.11 bits per heavy atom. The van der Waals surface area contributed by atoms with E-state index in [1.807, 2.05) is 0 Å². The predicted octanol–water partition coefficient (Wildman–Crippen LogP) is 3.32. The van der Waals surface area contributed by atoms with Crippen LogP contribution in [0.1, 0.15) is 34.1 Å². The normalized spacial score (nSPS) is 14.7. The highest BCUT2D eigenvalue weighted by Crippen LogP contribution is 2.15. The van der Waals surface area contributed by atoms with Crippen LogP contribution in [0.25, 0.3) is 0 Å². The molecular formula is C16H27NSi. The van der Waals surface area contributed by atoms with Crippen LogP contribution in [0, 0.1) is 0 Å². The number of hydrogen-bond donors (Lipinski definition) is 0. The lowest BCUT2D eigenvalue weighted by Gasteiger charge is -2.21. The van der Waals surface area contributed by atoms with E-state index in [0.29, 0.717) is 0 Å². The number of hydrogen-bond acceptors (Lipinski definition) is 1. The SMILES string of the molecule is CCC(C)[SiH](C=CN(CC)CC)c1ccccc1. The lowest BCUT2D eigenvalue weighted by atomic mass is 10.4. The molecule has 100 valence electrons. The minimum absolute atomic E-state index is 0.819. The molecule has 2 atom stereocenters. The Morgan fingerprint density at radius 2 is 1.72 bits per heavy atom. The summed E-state index contributed by atoms with van der Waals surface area (Å²) in [5.41, 5.74) is 3.33. The van der Waals surface area contributed by atoms with E-state index >= 15 is 0 Å². The summed E-state index contributed by atoms with van der Waals surface area (Å²) in [7, 11) is -0.992. The molecule has 0 N–H and O–H groups in total. The Labute approximate surface area is 114 Å². The molecule has 0 amide bonds. The molecule has 2 unspecified atom stereocenters. The first-order valence-electron chi connectivity index (χ1n) is 7.20. The first kappa shape index (κ1) is 15.0. The second kappa shape index (κ2) is 8.14. The van der Waals surface area contributed by atoms with Crippen molar-refractivity contribution in [3.63, 3.8) is 0 Å². The molecule has 1 aromatic rings. The Bertz CT molecular complexity index is 343. The van der Waals surface area contributed by atoms with Gasteiger partial charge in [-0.05, 0) is 25.6 Å². The molecule has 0 heterocycles. The molecule has 0 fully saturated rings. The van der Waals surface area contributed by atoms with Crippen molar-refractivity contribution in [3.8, 4) is 0 Å². The van der Waals surface area contributed by atoms with Crippen molar-refractivity contribution in [1.82, 2.24) is 4.90 Å². The summed E-state index contributed by atoms with van der Waals surface area (Å²) in [6.07, 6.45) is 3.60. The molecule has 1 nitrogen and oxygen atoms in total. The Kier molecular flexibility index (Phi) is 6.80. The van der Waals surface area contributed by atoms with Gasteiger partial charge in [-0.1, -0.05) is 61.5 Å². The van der Waals surface area contributed by atoms with E-state index in [9.17, 15) is 0 Å². The lowest BCUT2D eigenvalue weighted by molar-refractivity contribution is 0.419. The van der Waals surface area contributed by atoms with Crippen LogP contribution >= 0.6 is 0 Å². The maximum atomic E-state index is 2.51. The molecule has 2 heteroatoms. The minimum Gasteiger partial charge on any atom is -0.379 e. The van der Waals surface area contributed by atoms with Gasteiger partial charge in [-0.3, -0.25) is 0 Å². The highest BCUT2D eigenvalue weighted by atomic mass is 28.3. The van der Waals surface area contributed by atoms with Gasteiger partial charge in [-0.2, -0.15) is 0 Å². The fourth-order valence-electron chi connectivity index (χ4n) is 2.21. The van der Waals surface area contributed by atoms with Gasteiger partial charge in [0.2, 0.25) is 0 Å². The number of nitrogens with zero attached hydrogens (tertiary/aromatic N) is 1. The van der Waals surface area contributed by atoms with Crippen LogP contribution in [-0.2, 0) is 0 Å².